The molecule has 2 N–H and O–H groups in total. The molecule has 0 amide bonds. The molecular formula is C17H24N4OS2. The van der Waals surface area contributed by atoms with Crippen molar-refractivity contribution in [1.29, 1.82) is 0 Å². The van der Waals surface area contributed by atoms with E-state index >= 15 is 0 Å². The molecule has 0 aliphatic heterocycles. The smallest absolute Gasteiger partial charge is 0.191 e. The van der Waals surface area contributed by atoms with Gasteiger partial charge in [0.15, 0.2) is 5.96 Å². The first kappa shape index (κ1) is 18.6. The fourth-order valence-corrected chi connectivity index (χ4v) is 3.53. The maximum Gasteiger partial charge on any atom is 0.191 e. The molecule has 0 fully saturated rings. The van der Waals surface area contributed by atoms with E-state index in [1.165, 1.54) is 0 Å². The minimum absolute atomic E-state index is 0.605. The molecule has 5 nitrogen and oxygen atoms in total. The van der Waals surface area contributed by atoms with Crippen LogP contribution in [0.5, 0.6) is 5.75 Å². The Morgan fingerprint density at radius 3 is 2.92 bits per heavy atom. The van der Waals surface area contributed by atoms with Gasteiger partial charge < -0.3 is 15.4 Å². The van der Waals surface area contributed by atoms with Crippen LogP contribution in [0.1, 0.15) is 13.3 Å². The molecule has 0 saturated carbocycles. The van der Waals surface area contributed by atoms with Crippen LogP contribution in [0.4, 0.5) is 0 Å². The SMILES string of the molecule is CCNC(=NCCCSc1nccs1)NCCOc1ccccc1. The zero-order valence-corrected chi connectivity index (χ0v) is 15.5. The second-order valence-electron chi connectivity index (χ2n) is 4.85. The second-order valence-corrected chi connectivity index (χ2v) is 7.09. The fraction of sp³-hybridized carbons (Fsp3) is 0.412. The molecule has 1 aromatic carbocycles. The van der Waals surface area contributed by atoms with Crippen molar-refractivity contribution in [2.45, 2.75) is 17.7 Å². The van der Waals surface area contributed by atoms with E-state index in [0.717, 1.165) is 41.3 Å². The lowest BCUT2D eigenvalue weighted by Crippen LogP contribution is -2.39. The molecular weight excluding hydrogens is 340 g/mol. The molecule has 0 bridgehead atoms. The van der Waals surface area contributed by atoms with Gasteiger partial charge >= 0.3 is 0 Å². The van der Waals surface area contributed by atoms with Crippen molar-refractivity contribution in [1.82, 2.24) is 15.6 Å². The van der Waals surface area contributed by atoms with Crippen LogP contribution in [-0.2, 0) is 0 Å². The second kappa shape index (κ2) is 11.8. The molecule has 0 spiro atoms. The number of ether oxygens (including phenoxy) is 1. The van der Waals surface area contributed by atoms with Crippen LogP contribution in [-0.4, -0.2) is 42.9 Å². The minimum atomic E-state index is 0.605. The molecule has 0 aliphatic rings. The highest BCUT2D eigenvalue weighted by atomic mass is 32.2. The van der Waals surface area contributed by atoms with Crippen LogP contribution in [0.15, 0.2) is 51.2 Å². The van der Waals surface area contributed by atoms with Crippen molar-refractivity contribution in [2.75, 3.05) is 32.0 Å². The summed E-state index contributed by atoms with van der Waals surface area (Å²) in [7, 11) is 0. The van der Waals surface area contributed by atoms with Crippen molar-refractivity contribution in [3.63, 3.8) is 0 Å². The summed E-state index contributed by atoms with van der Waals surface area (Å²) in [6.45, 7) is 5.03. The van der Waals surface area contributed by atoms with Gasteiger partial charge in [0.2, 0.25) is 0 Å². The predicted octanol–water partition coefficient (Wildman–Crippen LogP) is 3.26. The van der Waals surface area contributed by atoms with Gasteiger partial charge in [-0.15, -0.1) is 11.3 Å². The number of aliphatic imine (C=N–C) groups is 1. The molecule has 2 aromatic rings. The summed E-state index contributed by atoms with van der Waals surface area (Å²) in [6.07, 6.45) is 2.87. The van der Waals surface area contributed by atoms with Gasteiger partial charge in [0, 0.05) is 30.4 Å². The Morgan fingerprint density at radius 2 is 2.17 bits per heavy atom. The Morgan fingerprint density at radius 1 is 1.29 bits per heavy atom. The van der Waals surface area contributed by atoms with Gasteiger partial charge in [-0.3, -0.25) is 4.99 Å². The van der Waals surface area contributed by atoms with E-state index in [9.17, 15) is 0 Å². The molecule has 0 atom stereocenters. The number of hydrogen-bond acceptors (Lipinski definition) is 5. The zero-order chi connectivity index (χ0) is 16.9. The minimum Gasteiger partial charge on any atom is -0.492 e. The average molecular weight is 365 g/mol. The summed E-state index contributed by atoms with van der Waals surface area (Å²) < 4.78 is 6.79. The largest absolute Gasteiger partial charge is 0.492 e. The summed E-state index contributed by atoms with van der Waals surface area (Å²) in [5.74, 6) is 2.77. The first-order valence-corrected chi connectivity index (χ1v) is 9.97. The van der Waals surface area contributed by atoms with Gasteiger partial charge in [-0.1, -0.05) is 30.0 Å². The van der Waals surface area contributed by atoms with Crippen LogP contribution in [0.2, 0.25) is 0 Å². The highest BCUT2D eigenvalue weighted by Crippen LogP contribution is 2.20. The number of benzene rings is 1. The molecule has 24 heavy (non-hydrogen) atoms. The quantitative estimate of drug-likeness (QED) is 0.293. The zero-order valence-electron chi connectivity index (χ0n) is 13.9. The highest BCUT2D eigenvalue weighted by Gasteiger charge is 1.99. The predicted molar refractivity (Wildman–Crippen MR) is 103 cm³/mol. The number of rotatable bonds is 10. The van der Waals surface area contributed by atoms with Gasteiger partial charge in [0.25, 0.3) is 0 Å². The van der Waals surface area contributed by atoms with Crippen LogP contribution in [0, 0.1) is 0 Å². The maximum absolute atomic E-state index is 5.66. The molecule has 130 valence electrons. The Labute approximate surface area is 151 Å². The van der Waals surface area contributed by atoms with Crippen molar-refractivity contribution >= 4 is 29.1 Å². The summed E-state index contributed by atoms with van der Waals surface area (Å²) >= 11 is 3.47. The lowest BCUT2D eigenvalue weighted by Gasteiger charge is -2.12. The van der Waals surface area contributed by atoms with E-state index in [1.807, 2.05) is 41.9 Å². The molecule has 0 unspecified atom stereocenters. The van der Waals surface area contributed by atoms with Gasteiger partial charge in [-0.05, 0) is 25.5 Å². The van der Waals surface area contributed by atoms with Crippen LogP contribution < -0.4 is 15.4 Å². The number of para-hydroxylation sites is 1. The fourth-order valence-electron chi connectivity index (χ4n) is 1.89. The third-order valence-corrected chi connectivity index (χ3v) is 5.01. The third-order valence-electron chi connectivity index (χ3n) is 2.96. The Balaban J connectivity index is 1.60. The van der Waals surface area contributed by atoms with E-state index < -0.39 is 0 Å². The summed E-state index contributed by atoms with van der Waals surface area (Å²) in [5, 5.41) is 8.55. The van der Waals surface area contributed by atoms with E-state index in [-0.39, 0.29) is 0 Å². The summed E-state index contributed by atoms with van der Waals surface area (Å²) in [6, 6.07) is 9.84. The summed E-state index contributed by atoms with van der Waals surface area (Å²) in [4.78, 5) is 8.85. The molecule has 1 aromatic heterocycles. The molecule has 1 heterocycles. The lowest BCUT2D eigenvalue weighted by atomic mass is 10.3. The average Bonchev–Trinajstić information content (AvgIpc) is 3.12. The molecule has 0 saturated heterocycles. The highest BCUT2D eigenvalue weighted by molar-refractivity contribution is 8.00. The normalized spacial score (nSPS) is 11.3. The maximum atomic E-state index is 5.66. The first-order chi connectivity index (χ1) is 11.9. The van der Waals surface area contributed by atoms with Crippen LogP contribution in [0.25, 0.3) is 0 Å². The molecule has 0 radical (unpaired) electrons. The Kier molecular flexibility index (Phi) is 9.11. The number of aromatic nitrogens is 1. The number of thioether (sulfide) groups is 1. The van der Waals surface area contributed by atoms with E-state index in [0.29, 0.717) is 13.2 Å². The monoisotopic (exact) mass is 364 g/mol. The molecule has 0 aliphatic carbocycles. The van der Waals surface area contributed by atoms with E-state index in [2.05, 4.69) is 27.5 Å². The van der Waals surface area contributed by atoms with Crippen molar-refractivity contribution in [3.05, 3.63) is 41.9 Å². The van der Waals surface area contributed by atoms with E-state index in [1.54, 1.807) is 23.1 Å². The molecule has 2 rings (SSSR count). The number of nitrogens with zero attached hydrogens (tertiary/aromatic N) is 2. The number of thiazole rings is 1. The first-order valence-electron chi connectivity index (χ1n) is 8.11. The van der Waals surface area contributed by atoms with Crippen molar-refractivity contribution < 1.29 is 4.74 Å². The third kappa shape index (κ3) is 7.70. The number of hydrogen-bond donors (Lipinski definition) is 2. The van der Waals surface area contributed by atoms with Crippen LogP contribution >= 0.6 is 23.1 Å². The molecule has 7 heteroatoms. The Bertz CT molecular complexity index is 576. The van der Waals surface area contributed by atoms with Crippen molar-refractivity contribution in [2.24, 2.45) is 4.99 Å². The number of guanidine groups is 1. The van der Waals surface area contributed by atoms with Gasteiger partial charge in [0.05, 0.1) is 6.54 Å². The van der Waals surface area contributed by atoms with Gasteiger partial charge in [-0.2, -0.15) is 0 Å². The van der Waals surface area contributed by atoms with Crippen molar-refractivity contribution in [3.8, 4) is 5.75 Å². The van der Waals surface area contributed by atoms with Crippen LogP contribution in [0.3, 0.4) is 0 Å². The van der Waals surface area contributed by atoms with Gasteiger partial charge in [-0.25, -0.2) is 4.98 Å². The standard InChI is InChI=1S/C17H24N4OS2/c1-2-18-16(19-9-6-13-23-17-21-11-14-24-17)20-10-12-22-15-7-4-3-5-8-15/h3-5,7-8,11,14H,2,6,9-10,12-13H2,1H3,(H2,18,19,20). The number of nitrogens with one attached hydrogen (secondary N) is 2. The van der Waals surface area contributed by atoms with Gasteiger partial charge in [0.1, 0.15) is 16.7 Å². The summed E-state index contributed by atoms with van der Waals surface area (Å²) in [5.41, 5.74) is 0. The lowest BCUT2D eigenvalue weighted by molar-refractivity contribution is 0.322. The van der Waals surface area contributed by atoms with E-state index in [4.69, 9.17) is 4.74 Å². The topological polar surface area (TPSA) is 58.5 Å². The Hall–Kier alpha value is -1.73.